The van der Waals surface area contributed by atoms with Gasteiger partial charge >= 0.3 is 7.60 Å². The van der Waals surface area contributed by atoms with Crippen LogP contribution < -0.4 is 0 Å². The molecule has 0 bridgehead atoms. The van der Waals surface area contributed by atoms with Crippen LogP contribution in [0.4, 0.5) is 8.78 Å². The lowest BCUT2D eigenvalue weighted by Crippen LogP contribution is -1.92. The van der Waals surface area contributed by atoms with Gasteiger partial charge in [-0.3, -0.25) is 4.57 Å². The summed E-state index contributed by atoms with van der Waals surface area (Å²) in [6.45, 7) is 0. The average molecular weight is 291 g/mol. The van der Waals surface area contributed by atoms with E-state index in [0.717, 1.165) is 11.3 Å². The number of halogens is 2. The van der Waals surface area contributed by atoms with Gasteiger partial charge in [0.25, 0.3) is 5.91 Å². The Bertz CT molecular complexity index is 595. The fraction of sp³-hybridized carbons (Fsp3) is 0.100. The molecule has 1 aromatic heterocycles. The second-order valence-corrected chi connectivity index (χ2v) is 6.02. The summed E-state index contributed by atoms with van der Waals surface area (Å²) in [6, 6.07) is 5.37. The summed E-state index contributed by atoms with van der Waals surface area (Å²) in [6.07, 6.45) is 0. The van der Waals surface area contributed by atoms with Gasteiger partial charge in [0, 0.05) is 10.9 Å². The maximum absolute atomic E-state index is 13.4. The highest BCUT2D eigenvalue weighted by Crippen LogP contribution is 2.53. The van der Waals surface area contributed by atoms with Crippen molar-refractivity contribution < 1.29 is 23.1 Å². The molecule has 0 saturated heterocycles. The van der Waals surface area contributed by atoms with Crippen LogP contribution in [0.5, 0.6) is 0 Å². The molecule has 18 heavy (non-hydrogen) atoms. The molecule has 0 spiro atoms. The van der Waals surface area contributed by atoms with Gasteiger partial charge in [0.15, 0.2) is 0 Å². The Morgan fingerprint density at radius 1 is 1.28 bits per heavy atom. The fourth-order valence-corrected chi connectivity index (χ4v) is 2.92. The number of benzene rings is 1. The van der Waals surface area contributed by atoms with Crippen molar-refractivity contribution in [1.82, 2.24) is 4.98 Å². The minimum absolute atomic E-state index is 0.289. The van der Waals surface area contributed by atoms with Crippen LogP contribution >= 0.6 is 18.9 Å². The summed E-state index contributed by atoms with van der Waals surface area (Å²) >= 11 is 0.811. The molecule has 0 aliphatic heterocycles. The predicted octanol–water partition coefficient (Wildman–Crippen LogP) is 3.10. The molecule has 4 nitrogen and oxygen atoms in total. The van der Waals surface area contributed by atoms with Crippen LogP contribution in [0, 0.1) is 5.82 Å². The van der Waals surface area contributed by atoms with Crippen molar-refractivity contribution in [2.45, 2.75) is 5.91 Å². The highest BCUT2D eigenvalue weighted by atomic mass is 32.1. The van der Waals surface area contributed by atoms with Crippen LogP contribution in [0.15, 0.2) is 29.6 Å². The summed E-state index contributed by atoms with van der Waals surface area (Å²) in [7, 11) is -4.84. The summed E-state index contributed by atoms with van der Waals surface area (Å²) < 4.78 is 36.8. The van der Waals surface area contributed by atoms with Crippen molar-refractivity contribution in [1.29, 1.82) is 0 Å². The van der Waals surface area contributed by atoms with Crippen LogP contribution in [0.25, 0.3) is 11.3 Å². The number of hydrogen-bond acceptors (Lipinski definition) is 3. The standard InChI is InChI=1S/C10H8F2NO3PS/c11-7-3-1-6(2-4-7)8-5-18-10(13-8)9(12)17(14,15)16/h1-5,9H,(H2,14,15,16). The SMILES string of the molecule is O=P(O)(O)C(F)c1nc(-c2ccc(F)cc2)cs1. The zero-order chi connectivity index (χ0) is 13.3. The molecular formula is C10H8F2NO3PS. The predicted molar refractivity (Wildman–Crippen MR) is 63.4 cm³/mol. The van der Waals surface area contributed by atoms with E-state index < -0.39 is 19.3 Å². The lowest BCUT2D eigenvalue weighted by molar-refractivity contribution is 0.303. The highest BCUT2D eigenvalue weighted by molar-refractivity contribution is 7.52. The third-order valence-electron chi connectivity index (χ3n) is 2.16. The summed E-state index contributed by atoms with van der Waals surface area (Å²) in [5, 5.41) is 1.17. The van der Waals surface area contributed by atoms with Gasteiger partial charge in [-0.15, -0.1) is 11.3 Å². The van der Waals surface area contributed by atoms with Crippen molar-refractivity contribution in [2.75, 3.05) is 0 Å². The molecule has 0 amide bonds. The Hall–Kier alpha value is -1.14. The smallest absolute Gasteiger partial charge is 0.322 e. The first-order valence-corrected chi connectivity index (χ1v) is 7.34. The van der Waals surface area contributed by atoms with Crippen LogP contribution in [-0.4, -0.2) is 14.8 Å². The maximum Gasteiger partial charge on any atom is 0.366 e. The quantitative estimate of drug-likeness (QED) is 0.852. The largest absolute Gasteiger partial charge is 0.366 e. The molecule has 8 heteroatoms. The lowest BCUT2D eigenvalue weighted by atomic mass is 10.2. The Morgan fingerprint density at radius 3 is 2.44 bits per heavy atom. The summed E-state index contributed by atoms with van der Waals surface area (Å²) in [4.78, 5) is 21.2. The normalized spacial score (nSPS) is 13.6. The van der Waals surface area contributed by atoms with Crippen molar-refractivity contribution >= 4 is 18.9 Å². The molecule has 1 unspecified atom stereocenters. The average Bonchev–Trinajstić information content (AvgIpc) is 2.77. The van der Waals surface area contributed by atoms with Crippen LogP contribution in [0.3, 0.4) is 0 Å². The topological polar surface area (TPSA) is 70.4 Å². The fourth-order valence-electron chi connectivity index (χ4n) is 1.29. The molecule has 1 aromatic carbocycles. The minimum atomic E-state index is -4.84. The monoisotopic (exact) mass is 291 g/mol. The third-order valence-corrected chi connectivity index (χ3v) is 4.05. The molecule has 2 aromatic rings. The number of alkyl halides is 1. The molecule has 0 aliphatic carbocycles. The third kappa shape index (κ3) is 2.81. The van der Waals surface area contributed by atoms with E-state index in [2.05, 4.69) is 4.98 Å². The van der Waals surface area contributed by atoms with Crippen molar-refractivity contribution in [3.63, 3.8) is 0 Å². The number of aromatic nitrogens is 1. The van der Waals surface area contributed by atoms with E-state index >= 15 is 0 Å². The second kappa shape index (κ2) is 4.85. The molecule has 2 rings (SSSR count). The number of rotatable bonds is 3. The molecule has 0 saturated carbocycles. The van der Waals surface area contributed by atoms with Crippen molar-refractivity contribution in [2.24, 2.45) is 0 Å². The second-order valence-electron chi connectivity index (χ2n) is 3.50. The molecule has 2 N–H and O–H groups in total. The maximum atomic E-state index is 13.4. The van der Waals surface area contributed by atoms with E-state index in [1.165, 1.54) is 29.6 Å². The van der Waals surface area contributed by atoms with Gasteiger partial charge in [-0.25, -0.2) is 13.8 Å². The summed E-state index contributed by atoms with van der Waals surface area (Å²) in [5.74, 6) is -2.83. The Balaban J connectivity index is 2.31. The minimum Gasteiger partial charge on any atom is -0.322 e. The highest BCUT2D eigenvalue weighted by Gasteiger charge is 2.33. The van der Waals surface area contributed by atoms with Crippen molar-refractivity contribution in [3.8, 4) is 11.3 Å². The number of hydrogen-bond donors (Lipinski definition) is 2. The molecule has 0 fully saturated rings. The Kier molecular flexibility index (Phi) is 3.59. The first-order chi connectivity index (χ1) is 8.38. The lowest BCUT2D eigenvalue weighted by Gasteiger charge is -2.05. The van der Waals surface area contributed by atoms with Gasteiger partial charge in [0.2, 0.25) is 0 Å². The van der Waals surface area contributed by atoms with Gasteiger partial charge in [-0.1, -0.05) is 0 Å². The zero-order valence-electron chi connectivity index (χ0n) is 8.83. The first-order valence-electron chi connectivity index (χ1n) is 4.78. The Labute approximate surface area is 105 Å². The van der Waals surface area contributed by atoms with E-state index in [-0.39, 0.29) is 5.01 Å². The van der Waals surface area contributed by atoms with Crippen LogP contribution in [0.1, 0.15) is 10.9 Å². The Morgan fingerprint density at radius 2 is 1.89 bits per heavy atom. The molecular weight excluding hydrogens is 283 g/mol. The van der Waals surface area contributed by atoms with E-state index in [1.807, 2.05) is 0 Å². The molecule has 0 radical (unpaired) electrons. The van der Waals surface area contributed by atoms with E-state index in [9.17, 15) is 13.3 Å². The number of thiazole rings is 1. The van der Waals surface area contributed by atoms with Gasteiger partial charge in [0.05, 0.1) is 5.69 Å². The molecule has 96 valence electrons. The van der Waals surface area contributed by atoms with Gasteiger partial charge < -0.3 is 9.79 Å². The zero-order valence-corrected chi connectivity index (χ0v) is 10.5. The van der Waals surface area contributed by atoms with Gasteiger partial charge in [-0.2, -0.15) is 0 Å². The molecule has 0 aliphatic rings. The molecule has 1 heterocycles. The summed E-state index contributed by atoms with van der Waals surface area (Å²) in [5.41, 5.74) is 0.905. The first kappa shape index (κ1) is 13.3. The van der Waals surface area contributed by atoms with Gasteiger partial charge in [-0.05, 0) is 24.3 Å². The van der Waals surface area contributed by atoms with Crippen LogP contribution in [-0.2, 0) is 4.57 Å². The van der Waals surface area contributed by atoms with E-state index in [4.69, 9.17) is 9.79 Å². The molecule has 1 atom stereocenters. The van der Waals surface area contributed by atoms with E-state index in [1.54, 1.807) is 0 Å². The number of nitrogens with zero attached hydrogens (tertiary/aromatic N) is 1. The van der Waals surface area contributed by atoms with Crippen molar-refractivity contribution in [3.05, 3.63) is 40.5 Å². The van der Waals surface area contributed by atoms with Gasteiger partial charge in [0.1, 0.15) is 10.8 Å². The van der Waals surface area contributed by atoms with Crippen LogP contribution in [0.2, 0.25) is 0 Å². The van der Waals surface area contributed by atoms with E-state index in [0.29, 0.717) is 11.3 Å².